The Hall–Kier alpha value is -0.860. The van der Waals surface area contributed by atoms with Crippen molar-refractivity contribution in [1.82, 2.24) is 5.32 Å². The second-order valence-electron chi connectivity index (χ2n) is 6.57. The predicted molar refractivity (Wildman–Crippen MR) is 85.2 cm³/mol. The van der Waals surface area contributed by atoms with Gasteiger partial charge in [-0.1, -0.05) is 45.0 Å². The van der Waals surface area contributed by atoms with Gasteiger partial charge in [-0.25, -0.2) is 0 Å². The molecule has 1 aliphatic heterocycles. The van der Waals surface area contributed by atoms with Gasteiger partial charge in [0.05, 0.1) is 6.10 Å². The first-order chi connectivity index (χ1) is 9.56. The Morgan fingerprint density at radius 3 is 2.50 bits per heavy atom. The zero-order valence-corrected chi connectivity index (χ0v) is 13.4. The third kappa shape index (κ3) is 3.62. The highest BCUT2D eigenvalue weighted by molar-refractivity contribution is 5.29. The summed E-state index contributed by atoms with van der Waals surface area (Å²) in [6.45, 7) is 7.81. The van der Waals surface area contributed by atoms with E-state index in [1.807, 2.05) is 7.05 Å². The molecule has 2 unspecified atom stereocenters. The van der Waals surface area contributed by atoms with Crippen LogP contribution in [0.4, 0.5) is 0 Å². The van der Waals surface area contributed by atoms with Crippen LogP contribution >= 0.6 is 0 Å². The van der Waals surface area contributed by atoms with Gasteiger partial charge in [-0.05, 0) is 49.3 Å². The molecule has 0 aliphatic carbocycles. The van der Waals surface area contributed by atoms with Gasteiger partial charge in [-0.2, -0.15) is 0 Å². The molecule has 1 fully saturated rings. The van der Waals surface area contributed by atoms with Gasteiger partial charge in [-0.3, -0.25) is 0 Å². The molecule has 1 aromatic rings. The molecule has 1 heterocycles. The molecular formula is C18H29NO. The van der Waals surface area contributed by atoms with Crippen LogP contribution in [0.15, 0.2) is 24.3 Å². The molecule has 0 radical (unpaired) electrons. The number of hydrogen-bond acceptors (Lipinski definition) is 2. The molecule has 112 valence electrons. The van der Waals surface area contributed by atoms with Gasteiger partial charge >= 0.3 is 0 Å². The summed E-state index contributed by atoms with van der Waals surface area (Å²) in [6.07, 6.45) is 5.09. The van der Waals surface area contributed by atoms with E-state index in [0.717, 1.165) is 19.4 Å². The Bertz CT molecular complexity index is 404. The Kier molecular flexibility index (Phi) is 5.22. The fraction of sp³-hybridized carbons (Fsp3) is 0.667. The molecule has 2 rings (SSSR count). The normalized spacial score (nSPS) is 21.1. The zero-order chi connectivity index (χ0) is 14.6. The molecule has 1 aromatic carbocycles. The van der Waals surface area contributed by atoms with Gasteiger partial charge in [0, 0.05) is 12.6 Å². The van der Waals surface area contributed by atoms with E-state index < -0.39 is 0 Å². The summed E-state index contributed by atoms with van der Waals surface area (Å²) in [5, 5.41) is 3.44. The second kappa shape index (κ2) is 6.73. The molecule has 0 bridgehead atoms. The topological polar surface area (TPSA) is 21.3 Å². The molecule has 0 aromatic heterocycles. The summed E-state index contributed by atoms with van der Waals surface area (Å²) in [5.41, 5.74) is 3.07. The van der Waals surface area contributed by atoms with E-state index in [4.69, 9.17) is 4.74 Å². The van der Waals surface area contributed by atoms with Crippen molar-refractivity contribution in [2.75, 3.05) is 13.7 Å². The van der Waals surface area contributed by atoms with Gasteiger partial charge in [0.25, 0.3) is 0 Å². The maximum absolute atomic E-state index is 5.76. The van der Waals surface area contributed by atoms with Gasteiger partial charge in [0.1, 0.15) is 0 Å². The standard InChI is InChI=1S/C18H29NO/c1-5-18(2,3)15-10-8-14(9-11-15)17(19-4)13-16-7-6-12-20-16/h8-11,16-17,19H,5-7,12-13H2,1-4H3. The Morgan fingerprint density at radius 2 is 2.00 bits per heavy atom. The fourth-order valence-electron chi connectivity index (χ4n) is 2.88. The summed E-state index contributed by atoms with van der Waals surface area (Å²) >= 11 is 0. The maximum atomic E-state index is 5.76. The SMILES string of the molecule is CCC(C)(C)c1ccc(C(CC2CCCO2)NC)cc1. The summed E-state index contributed by atoms with van der Waals surface area (Å²) < 4.78 is 5.76. The van der Waals surface area contributed by atoms with Crippen LogP contribution in [-0.4, -0.2) is 19.8 Å². The number of rotatable bonds is 6. The lowest BCUT2D eigenvalue weighted by molar-refractivity contribution is 0.0954. The lowest BCUT2D eigenvalue weighted by atomic mass is 9.81. The molecular weight excluding hydrogens is 246 g/mol. The largest absolute Gasteiger partial charge is 0.378 e. The first-order valence-electron chi connectivity index (χ1n) is 7.96. The van der Waals surface area contributed by atoms with Crippen LogP contribution in [-0.2, 0) is 10.2 Å². The van der Waals surface area contributed by atoms with Crippen LogP contribution in [0.25, 0.3) is 0 Å². The average molecular weight is 275 g/mol. The van der Waals surface area contributed by atoms with E-state index >= 15 is 0 Å². The van der Waals surface area contributed by atoms with Crippen molar-refractivity contribution >= 4 is 0 Å². The van der Waals surface area contributed by atoms with Crippen molar-refractivity contribution in [3.05, 3.63) is 35.4 Å². The molecule has 2 heteroatoms. The third-order valence-corrected chi connectivity index (χ3v) is 4.85. The predicted octanol–water partition coefficient (Wildman–Crippen LogP) is 4.20. The maximum Gasteiger partial charge on any atom is 0.0594 e. The molecule has 20 heavy (non-hydrogen) atoms. The van der Waals surface area contributed by atoms with Crippen LogP contribution < -0.4 is 5.32 Å². The minimum absolute atomic E-state index is 0.266. The molecule has 2 nitrogen and oxygen atoms in total. The number of nitrogens with one attached hydrogen (secondary N) is 1. The Labute approximate surface area is 123 Å². The third-order valence-electron chi connectivity index (χ3n) is 4.85. The number of ether oxygens (including phenoxy) is 1. The van der Waals surface area contributed by atoms with Gasteiger partial charge in [0.2, 0.25) is 0 Å². The fourth-order valence-corrected chi connectivity index (χ4v) is 2.88. The van der Waals surface area contributed by atoms with Crippen LogP contribution in [0.5, 0.6) is 0 Å². The van der Waals surface area contributed by atoms with Gasteiger partial charge in [-0.15, -0.1) is 0 Å². The second-order valence-corrected chi connectivity index (χ2v) is 6.57. The highest BCUT2D eigenvalue weighted by Gasteiger charge is 2.22. The minimum atomic E-state index is 0.266. The highest BCUT2D eigenvalue weighted by Crippen LogP contribution is 2.29. The first kappa shape index (κ1) is 15.5. The monoisotopic (exact) mass is 275 g/mol. The summed E-state index contributed by atoms with van der Waals surface area (Å²) in [6, 6.07) is 9.54. The van der Waals surface area contributed by atoms with Crippen molar-refractivity contribution in [3.63, 3.8) is 0 Å². The van der Waals surface area contributed by atoms with Crippen molar-refractivity contribution in [3.8, 4) is 0 Å². The molecule has 1 N–H and O–H groups in total. The molecule has 0 spiro atoms. The van der Waals surface area contributed by atoms with Gasteiger partial charge < -0.3 is 10.1 Å². The quantitative estimate of drug-likeness (QED) is 0.840. The van der Waals surface area contributed by atoms with Crippen LogP contribution in [0, 0.1) is 0 Å². The Morgan fingerprint density at radius 1 is 1.30 bits per heavy atom. The molecule has 1 aliphatic rings. The van der Waals surface area contributed by atoms with Gasteiger partial charge in [0.15, 0.2) is 0 Å². The van der Waals surface area contributed by atoms with Crippen molar-refractivity contribution < 1.29 is 4.74 Å². The molecule has 1 saturated heterocycles. The van der Waals surface area contributed by atoms with E-state index in [1.54, 1.807) is 0 Å². The lowest BCUT2D eigenvalue weighted by Crippen LogP contribution is -2.22. The van der Waals surface area contributed by atoms with Crippen LogP contribution in [0.1, 0.15) is 63.6 Å². The summed E-state index contributed by atoms with van der Waals surface area (Å²) in [4.78, 5) is 0. The lowest BCUT2D eigenvalue weighted by Gasteiger charge is -2.25. The van der Waals surface area contributed by atoms with Crippen molar-refractivity contribution in [2.45, 2.75) is 64.0 Å². The number of benzene rings is 1. The van der Waals surface area contributed by atoms with E-state index in [-0.39, 0.29) is 5.41 Å². The smallest absolute Gasteiger partial charge is 0.0594 e. The summed E-state index contributed by atoms with van der Waals surface area (Å²) in [7, 11) is 2.05. The van der Waals surface area contributed by atoms with Crippen LogP contribution in [0.3, 0.4) is 0 Å². The van der Waals surface area contributed by atoms with Crippen LogP contribution in [0.2, 0.25) is 0 Å². The Balaban J connectivity index is 2.06. The van der Waals surface area contributed by atoms with E-state index in [2.05, 4.69) is 50.4 Å². The highest BCUT2D eigenvalue weighted by atomic mass is 16.5. The van der Waals surface area contributed by atoms with E-state index in [9.17, 15) is 0 Å². The van der Waals surface area contributed by atoms with Crippen molar-refractivity contribution in [2.24, 2.45) is 0 Å². The van der Waals surface area contributed by atoms with E-state index in [0.29, 0.717) is 12.1 Å². The first-order valence-corrected chi connectivity index (χ1v) is 7.96. The number of hydrogen-bond donors (Lipinski definition) is 1. The minimum Gasteiger partial charge on any atom is -0.378 e. The summed E-state index contributed by atoms with van der Waals surface area (Å²) in [5.74, 6) is 0. The molecule has 2 atom stereocenters. The average Bonchev–Trinajstić information content (AvgIpc) is 2.98. The molecule has 0 amide bonds. The zero-order valence-electron chi connectivity index (χ0n) is 13.4. The van der Waals surface area contributed by atoms with Crippen molar-refractivity contribution in [1.29, 1.82) is 0 Å². The van der Waals surface area contributed by atoms with E-state index in [1.165, 1.54) is 24.0 Å². The molecule has 0 saturated carbocycles.